The van der Waals surface area contributed by atoms with Crippen LogP contribution in [0.1, 0.15) is 36.9 Å². The molecule has 2 aromatic rings. The summed E-state index contributed by atoms with van der Waals surface area (Å²) in [7, 11) is 1.83. The van der Waals surface area contributed by atoms with Crippen molar-refractivity contribution in [1.82, 2.24) is 15.2 Å². The molecule has 0 amide bonds. The van der Waals surface area contributed by atoms with E-state index in [4.69, 9.17) is 0 Å². The van der Waals surface area contributed by atoms with Crippen LogP contribution in [0.25, 0.3) is 0 Å². The highest BCUT2D eigenvalue weighted by Gasteiger charge is 2.21. The fraction of sp³-hybridized carbons (Fsp3) is 0.538. The zero-order chi connectivity index (χ0) is 13.0. The van der Waals surface area contributed by atoms with Crippen LogP contribution >= 0.6 is 11.3 Å². The Morgan fingerprint density at radius 2 is 2.33 bits per heavy atom. The minimum atomic E-state index is 0.395. The molecule has 0 saturated heterocycles. The molecule has 0 aromatic carbocycles. The summed E-state index contributed by atoms with van der Waals surface area (Å²) in [5.41, 5.74) is 0. The maximum atomic E-state index is 4.45. The first-order valence-corrected chi connectivity index (χ1v) is 7.25. The Kier molecular flexibility index (Phi) is 4.36. The van der Waals surface area contributed by atoms with Crippen molar-refractivity contribution in [3.8, 4) is 0 Å². The molecule has 2 unspecified atom stereocenters. The highest BCUT2D eigenvalue weighted by molar-refractivity contribution is 7.09. The fourth-order valence-corrected chi connectivity index (χ4v) is 2.97. The van der Waals surface area contributed by atoms with E-state index in [-0.39, 0.29) is 0 Å². The van der Waals surface area contributed by atoms with Gasteiger partial charge in [-0.05, 0) is 23.8 Å². The van der Waals surface area contributed by atoms with Gasteiger partial charge in [-0.25, -0.2) is 0 Å². The van der Waals surface area contributed by atoms with Crippen LogP contribution in [0.15, 0.2) is 17.5 Å². The van der Waals surface area contributed by atoms with Crippen molar-refractivity contribution >= 4 is 17.3 Å². The zero-order valence-electron chi connectivity index (χ0n) is 11.1. The molecule has 2 aromatic heterocycles. The second kappa shape index (κ2) is 6.00. The Balaban J connectivity index is 2.07. The van der Waals surface area contributed by atoms with Gasteiger partial charge in [-0.15, -0.1) is 16.4 Å². The van der Waals surface area contributed by atoms with Crippen LogP contribution < -0.4 is 5.32 Å². The molecule has 98 valence electrons. The summed E-state index contributed by atoms with van der Waals surface area (Å²) in [6.07, 6.45) is 2.26. The van der Waals surface area contributed by atoms with Crippen LogP contribution in [0.3, 0.4) is 0 Å². The molecule has 4 nitrogen and oxygen atoms in total. The van der Waals surface area contributed by atoms with Crippen molar-refractivity contribution in [2.24, 2.45) is 5.92 Å². The number of nitrogens with zero attached hydrogens (tertiary/aromatic N) is 2. The third kappa shape index (κ3) is 2.90. The molecule has 0 aliphatic heterocycles. The number of aromatic amines is 1. The number of hydrogen-bond donors (Lipinski definition) is 2. The first-order chi connectivity index (χ1) is 8.74. The molecule has 2 heterocycles. The van der Waals surface area contributed by atoms with Gasteiger partial charge >= 0.3 is 0 Å². The monoisotopic (exact) mass is 264 g/mol. The third-order valence-corrected chi connectivity index (χ3v) is 4.33. The first kappa shape index (κ1) is 13.1. The molecular formula is C13H20N4S. The van der Waals surface area contributed by atoms with Crippen LogP contribution in [0, 0.1) is 5.92 Å². The van der Waals surface area contributed by atoms with Gasteiger partial charge < -0.3 is 5.32 Å². The largest absolute Gasteiger partial charge is 0.356 e. The van der Waals surface area contributed by atoms with E-state index < -0.39 is 0 Å². The van der Waals surface area contributed by atoms with E-state index in [1.54, 1.807) is 0 Å². The number of H-pyrrole nitrogens is 1. The van der Waals surface area contributed by atoms with E-state index >= 15 is 0 Å². The smallest absolute Gasteiger partial charge is 0.241 e. The van der Waals surface area contributed by atoms with Gasteiger partial charge in [-0.1, -0.05) is 26.3 Å². The summed E-state index contributed by atoms with van der Waals surface area (Å²) >= 11 is 1.83. The van der Waals surface area contributed by atoms with E-state index in [1.165, 1.54) is 4.88 Å². The molecule has 0 aliphatic carbocycles. The van der Waals surface area contributed by atoms with E-state index in [0.717, 1.165) is 18.7 Å². The summed E-state index contributed by atoms with van der Waals surface area (Å²) in [5, 5.41) is 12.2. The number of rotatable bonds is 6. The average molecular weight is 264 g/mol. The lowest BCUT2D eigenvalue weighted by Crippen LogP contribution is -2.13. The summed E-state index contributed by atoms with van der Waals surface area (Å²) in [4.78, 5) is 5.90. The Bertz CT molecular complexity index is 463. The van der Waals surface area contributed by atoms with E-state index in [2.05, 4.69) is 51.9 Å². The van der Waals surface area contributed by atoms with E-state index in [9.17, 15) is 0 Å². The molecule has 0 bridgehead atoms. The van der Waals surface area contributed by atoms with Crippen LogP contribution in [0.5, 0.6) is 0 Å². The van der Waals surface area contributed by atoms with Crippen LogP contribution in [-0.2, 0) is 6.42 Å². The molecule has 0 radical (unpaired) electrons. The normalized spacial score (nSPS) is 14.4. The maximum Gasteiger partial charge on any atom is 0.241 e. The zero-order valence-corrected chi connectivity index (χ0v) is 11.9. The van der Waals surface area contributed by atoms with Crippen LogP contribution in [0.4, 0.5) is 5.95 Å². The standard InChI is InChI=1S/C13H20N4S/c1-4-10(8-11-6-5-7-18-11)9(2)12-15-13(14-3)17-16-12/h5-7,9-10H,4,8H2,1-3H3,(H2,14,15,16,17). The first-order valence-electron chi connectivity index (χ1n) is 6.37. The highest BCUT2D eigenvalue weighted by atomic mass is 32.1. The second-order valence-corrected chi connectivity index (χ2v) is 5.57. The Labute approximate surface area is 112 Å². The lowest BCUT2D eigenvalue weighted by molar-refractivity contribution is 0.418. The second-order valence-electron chi connectivity index (χ2n) is 4.53. The van der Waals surface area contributed by atoms with Crippen molar-refractivity contribution in [3.05, 3.63) is 28.2 Å². The molecule has 2 atom stereocenters. The van der Waals surface area contributed by atoms with Crippen LogP contribution in [0.2, 0.25) is 0 Å². The minimum Gasteiger partial charge on any atom is -0.356 e. The molecule has 2 N–H and O–H groups in total. The molecule has 5 heteroatoms. The summed E-state index contributed by atoms with van der Waals surface area (Å²) in [6.45, 7) is 4.46. The maximum absolute atomic E-state index is 4.45. The van der Waals surface area contributed by atoms with Crippen molar-refractivity contribution in [2.75, 3.05) is 12.4 Å². The Hall–Kier alpha value is -1.36. The van der Waals surface area contributed by atoms with Gasteiger partial charge in [0.1, 0.15) is 5.82 Å². The molecular weight excluding hydrogens is 244 g/mol. The Morgan fingerprint density at radius 1 is 1.50 bits per heavy atom. The Morgan fingerprint density at radius 3 is 2.89 bits per heavy atom. The molecule has 0 saturated carbocycles. The van der Waals surface area contributed by atoms with E-state index in [0.29, 0.717) is 17.8 Å². The predicted molar refractivity (Wildman–Crippen MR) is 76.1 cm³/mol. The molecule has 2 rings (SSSR count). The number of anilines is 1. The van der Waals surface area contributed by atoms with Gasteiger partial charge in [-0.2, -0.15) is 4.98 Å². The summed E-state index contributed by atoms with van der Waals surface area (Å²) in [5.74, 6) is 2.64. The molecule has 0 fully saturated rings. The quantitative estimate of drug-likeness (QED) is 0.842. The number of hydrogen-bond acceptors (Lipinski definition) is 4. The number of aromatic nitrogens is 3. The lowest BCUT2D eigenvalue weighted by Gasteiger charge is -2.19. The van der Waals surface area contributed by atoms with Gasteiger partial charge in [0.15, 0.2) is 0 Å². The van der Waals surface area contributed by atoms with Crippen molar-refractivity contribution in [1.29, 1.82) is 0 Å². The van der Waals surface area contributed by atoms with Crippen molar-refractivity contribution in [3.63, 3.8) is 0 Å². The fourth-order valence-electron chi connectivity index (χ4n) is 2.17. The predicted octanol–water partition coefficient (Wildman–Crippen LogP) is 3.28. The lowest BCUT2D eigenvalue weighted by atomic mass is 9.87. The highest BCUT2D eigenvalue weighted by Crippen LogP contribution is 2.29. The number of nitrogens with one attached hydrogen (secondary N) is 2. The topological polar surface area (TPSA) is 53.6 Å². The average Bonchev–Trinajstić information content (AvgIpc) is 3.06. The van der Waals surface area contributed by atoms with Gasteiger partial charge in [0.25, 0.3) is 0 Å². The molecule has 18 heavy (non-hydrogen) atoms. The van der Waals surface area contributed by atoms with Gasteiger partial charge in [-0.3, -0.25) is 5.10 Å². The van der Waals surface area contributed by atoms with E-state index in [1.807, 2.05) is 18.4 Å². The van der Waals surface area contributed by atoms with Gasteiger partial charge in [0.2, 0.25) is 5.95 Å². The van der Waals surface area contributed by atoms with Crippen molar-refractivity contribution in [2.45, 2.75) is 32.6 Å². The third-order valence-electron chi connectivity index (χ3n) is 3.43. The van der Waals surface area contributed by atoms with Gasteiger partial charge in [0, 0.05) is 17.8 Å². The SMILES string of the molecule is CCC(Cc1cccs1)C(C)c1nc(NC)n[nH]1. The summed E-state index contributed by atoms with van der Waals surface area (Å²) in [6, 6.07) is 4.32. The minimum absolute atomic E-state index is 0.395. The summed E-state index contributed by atoms with van der Waals surface area (Å²) < 4.78 is 0. The van der Waals surface area contributed by atoms with Gasteiger partial charge in [0.05, 0.1) is 0 Å². The van der Waals surface area contributed by atoms with Crippen LogP contribution in [-0.4, -0.2) is 22.2 Å². The molecule has 0 aliphatic rings. The van der Waals surface area contributed by atoms with Crippen molar-refractivity contribution < 1.29 is 0 Å². The molecule has 0 spiro atoms. The number of thiophene rings is 1.